The molecule has 0 radical (unpaired) electrons. The van der Waals surface area contributed by atoms with E-state index in [9.17, 15) is 22.8 Å². The molecule has 2 heterocycles. The van der Waals surface area contributed by atoms with Crippen LogP contribution in [0.3, 0.4) is 0 Å². The minimum absolute atomic E-state index is 0.159. The maximum Gasteiger partial charge on any atom is 0.422 e. The van der Waals surface area contributed by atoms with E-state index >= 15 is 0 Å². The summed E-state index contributed by atoms with van der Waals surface area (Å²) in [6.07, 6.45) is -3.90. The molecular formula is C23H24F3N3O3. The lowest BCUT2D eigenvalue weighted by Crippen LogP contribution is -2.42. The largest absolute Gasteiger partial charge is 0.440 e. The van der Waals surface area contributed by atoms with Crippen LogP contribution in [-0.4, -0.2) is 49.3 Å². The highest BCUT2D eigenvalue weighted by Gasteiger charge is 2.33. The van der Waals surface area contributed by atoms with Gasteiger partial charge in [0.1, 0.15) is 0 Å². The smallest absolute Gasteiger partial charge is 0.422 e. The van der Waals surface area contributed by atoms with Crippen molar-refractivity contribution in [2.45, 2.75) is 25.4 Å². The number of piperidine rings is 1. The number of halogens is 3. The van der Waals surface area contributed by atoms with Crippen molar-refractivity contribution in [1.29, 1.82) is 0 Å². The molecule has 0 saturated carbocycles. The first-order valence-corrected chi connectivity index (χ1v) is 10.6. The number of rotatable bonds is 4. The molecule has 4 rings (SSSR count). The van der Waals surface area contributed by atoms with Crippen LogP contribution in [0.2, 0.25) is 0 Å². The van der Waals surface area contributed by atoms with Gasteiger partial charge >= 0.3 is 12.3 Å². The average molecular weight is 447 g/mol. The second-order valence-corrected chi connectivity index (χ2v) is 7.97. The standard InChI is InChI=1S/C23H24F3N3O3/c24-23(25,26)15-32-22(31)28-12-9-17(10-13-28)21(30)27-18-6-2-4-8-20(18)29-14-11-16-5-1-3-7-19(16)29/h1-8,17H,9-15H2,(H,27,30). The van der Waals surface area contributed by atoms with Crippen molar-refractivity contribution < 1.29 is 27.5 Å². The third kappa shape index (κ3) is 4.98. The molecule has 170 valence electrons. The number of hydrogen-bond acceptors (Lipinski definition) is 4. The first-order chi connectivity index (χ1) is 15.3. The molecule has 2 amide bonds. The Morgan fingerprint density at radius 1 is 0.969 bits per heavy atom. The molecule has 1 N–H and O–H groups in total. The third-order valence-corrected chi connectivity index (χ3v) is 5.82. The molecule has 32 heavy (non-hydrogen) atoms. The number of hydrogen-bond donors (Lipinski definition) is 1. The monoisotopic (exact) mass is 447 g/mol. The number of carbonyl (C=O) groups is 2. The number of anilines is 3. The van der Waals surface area contributed by atoms with Crippen molar-refractivity contribution in [3.8, 4) is 0 Å². The number of carbonyl (C=O) groups excluding carboxylic acids is 2. The van der Waals surface area contributed by atoms with E-state index in [-0.39, 0.29) is 24.9 Å². The summed E-state index contributed by atoms with van der Waals surface area (Å²) in [5.41, 5.74) is 4.01. The lowest BCUT2D eigenvalue weighted by molar-refractivity contribution is -0.162. The van der Waals surface area contributed by atoms with Crippen molar-refractivity contribution in [3.05, 3.63) is 54.1 Å². The summed E-state index contributed by atoms with van der Waals surface area (Å²) >= 11 is 0. The van der Waals surface area contributed by atoms with Crippen LogP contribution in [0.1, 0.15) is 18.4 Å². The van der Waals surface area contributed by atoms with E-state index in [0.717, 1.165) is 24.3 Å². The molecule has 0 aromatic heterocycles. The van der Waals surface area contributed by atoms with Gasteiger partial charge in [0.05, 0.1) is 11.4 Å². The molecule has 1 fully saturated rings. The van der Waals surface area contributed by atoms with E-state index in [1.807, 2.05) is 36.4 Å². The van der Waals surface area contributed by atoms with Gasteiger partial charge in [-0.25, -0.2) is 4.79 Å². The predicted molar refractivity (Wildman–Crippen MR) is 114 cm³/mol. The Labute approximate surface area is 183 Å². The summed E-state index contributed by atoms with van der Waals surface area (Å²) in [6.45, 7) is -0.431. The van der Waals surface area contributed by atoms with Gasteiger partial charge in [-0.3, -0.25) is 4.79 Å². The number of amides is 2. The van der Waals surface area contributed by atoms with Crippen LogP contribution in [0.5, 0.6) is 0 Å². The van der Waals surface area contributed by atoms with Crippen molar-refractivity contribution >= 4 is 29.1 Å². The van der Waals surface area contributed by atoms with Gasteiger partial charge in [0, 0.05) is 31.2 Å². The van der Waals surface area contributed by atoms with Crippen molar-refractivity contribution in [3.63, 3.8) is 0 Å². The molecule has 0 spiro atoms. The van der Waals surface area contributed by atoms with Crippen molar-refractivity contribution in [2.75, 3.05) is 36.5 Å². The lowest BCUT2D eigenvalue weighted by Gasteiger charge is -2.31. The van der Waals surface area contributed by atoms with Crippen LogP contribution in [0.15, 0.2) is 48.5 Å². The number of para-hydroxylation sites is 3. The zero-order valence-electron chi connectivity index (χ0n) is 17.4. The number of nitrogens with zero attached hydrogens (tertiary/aromatic N) is 2. The molecule has 9 heteroatoms. The number of fused-ring (bicyclic) bond motifs is 1. The van der Waals surface area contributed by atoms with Gasteiger partial charge in [-0.2, -0.15) is 13.2 Å². The van der Waals surface area contributed by atoms with E-state index in [0.29, 0.717) is 18.5 Å². The fourth-order valence-corrected chi connectivity index (χ4v) is 4.20. The van der Waals surface area contributed by atoms with E-state index in [2.05, 4.69) is 27.1 Å². The summed E-state index contributed by atoms with van der Waals surface area (Å²) in [7, 11) is 0. The molecule has 0 aliphatic carbocycles. The molecule has 0 atom stereocenters. The fraction of sp³-hybridized carbons (Fsp3) is 0.391. The molecule has 2 aliphatic rings. The first-order valence-electron chi connectivity index (χ1n) is 10.6. The van der Waals surface area contributed by atoms with Crippen LogP contribution in [0.4, 0.5) is 35.0 Å². The molecule has 2 aromatic carbocycles. The number of nitrogens with one attached hydrogen (secondary N) is 1. The van der Waals surface area contributed by atoms with Gasteiger partial charge in [0.25, 0.3) is 0 Å². The van der Waals surface area contributed by atoms with Gasteiger partial charge in [-0.1, -0.05) is 30.3 Å². The second kappa shape index (κ2) is 9.10. The van der Waals surface area contributed by atoms with Crippen LogP contribution < -0.4 is 10.2 Å². The van der Waals surface area contributed by atoms with Gasteiger partial charge in [0.15, 0.2) is 6.61 Å². The SMILES string of the molecule is O=C(Nc1ccccc1N1CCc2ccccc21)C1CCN(C(=O)OCC(F)(F)F)CC1. The molecule has 0 bridgehead atoms. The third-order valence-electron chi connectivity index (χ3n) is 5.82. The lowest BCUT2D eigenvalue weighted by atomic mass is 9.96. The summed E-state index contributed by atoms with van der Waals surface area (Å²) in [5, 5.41) is 3.01. The topological polar surface area (TPSA) is 61.9 Å². The summed E-state index contributed by atoms with van der Waals surface area (Å²) in [4.78, 5) is 28.1. The van der Waals surface area contributed by atoms with Gasteiger partial charge in [0.2, 0.25) is 5.91 Å². The molecular weight excluding hydrogens is 423 g/mol. The van der Waals surface area contributed by atoms with Gasteiger partial charge in [-0.15, -0.1) is 0 Å². The van der Waals surface area contributed by atoms with E-state index in [4.69, 9.17) is 0 Å². The summed E-state index contributed by atoms with van der Waals surface area (Å²) in [6, 6.07) is 15.8. The predicted octanol–water partition coefficient (Wildman–Crippen LogP) is 4.73. The maximum absolute atomic E-state index is 12.9. The zero-order valence-corrected chi connectivity index (χ0v) is 17.4. The van der Waals surface area contributed by atoms with E-state index in [1.165, 1.54) is 10.5 Å². The van der Waals surface area contributed by atoms with Crippen molar-refractivity contribution in [2.24, 2.45) is 5.92 Å². The minimum Gasteiger partial charge on any atom is -0.440 e. The quantitative estimate of drug-likeness (QED) is 0.736. The summed E-state index contributed by atoms with van der Waals surface area (Å²) in [5.74, 6) is -0.492. The number of likely N-dealkylation sites (tertiary alicyclic amines) is 1. The Kier molecular flexibility index (Phi) is 6.25. The molecule has 6 nitrogen and oxygen atoms in total. The van der Waals surface area contributed by atoms with E-state index < -0.39 is 18.9 Å². The Morgan fingerprint density at radius 2 is 1.62 bits per heavy atom. The Hall–Kier alpha value is -3.23. The Morgan fingerprint density at radius 3 is 2.34 bits per heavy atom. The first kappa shape index (κ1) is 22.0. The summed E-state index contributed by atoms with van der Waals surface area (Å²) < 4.78 is 41.0. The van der Waals surface area contributed by atoms with Crippen LogP contribution >= 0.6 is 0 Å². The van der Waals surface area contributed by atoms with Crippen LogP contribution in [-0.2, 0) is 16.0 Å². The normalized spacial score (nSPS) is 16.6. The van der Waals surface area contributed by atoms with E-state index in [1.54, 1.807) is 0 Å². The number of benzene rings is 2. The van der Waals surface area contributed by atoms with Gasteiger partial charge < -0.3 is 19.9 Å². The molecule has 2 aliphatic heterocycles. The Balaban J connectivity index is 1.36. The average Bonchev–Trinajstić information content (AvgIpc) is 3.21. The minimum atomic E-state index is -4.56. The maximum atomic E-state index is 12.9. The van der Waals surface area contributed by atoms with Crippen LogP contribution in [0, 0.1) is 5.92 Å². The highest BCUT2D eigenvalue weighted by molar-refractivity contribution is 5.97. The highest BCUT2D eigenvalue weighted by Crippen LogP contribution is 2.38. The number of ether oxygens (including phenoxy) is 1. The van der Waals surface area contributed by atoms with Gasteiger partial charge in [-0.05, 0) is 43.0 Å². The molecule has 1 saturated heterocycles. The number of alkyl halides is 3. The highest BCUT2D eigenvalue weighted by atomic mass is 19.4. The fourth-order valence-electron chi connectivity index (χ4n) is 4.20. The van der Waals surface area contributed by atoms with Crippen LogP contribution in [0.25, 0.3) is 0 Å². The zero-order chi connectivity index (χ0) is 22.7. The van der Waals surface area contributed by atoms with Crippen molar-refractivity contribution in [1.82, 2.24) is 4.90 Å². The molecule has 2 aromatic rings. The Bertz CT molecular complexity index is 988. The second-order valence-electron chi connectivity index (χ2n) is 7.97. The molecule has 0 unspecified atom stereocenters.